The van der Waals surface area contributed by atoms with Crippen LogP contribution in [0.1, 0.15) is 27.6 Å². The zero-order valence-electron chi connectivity index (χ0n) is 15.4. The summed E-state index contributed by atoms with van der Waals surface area (Å²) in [6.07, 6.45) is 3.29. The highest BCUT2D eigenvalue weighted by Gasteiger charge is 2.21. The number of nitrogens with zero attached hydrogens (tertiary/aromatic N) is 5. The number of aromatic nitrogens is 5. The van der Waals surface area contributed by atoms with Crippen LogP contribution in [0, 0.1) is 13.8 Å². The largest absolute Gasteiger partial charge is 0.452 e. The highest BCUT2D eigenvalue weighted by molar-refractivity contribution is 5.92. The minimum absolute atomic E-state index is 0.124. The zero-order valence-corrected chi connectivity index (χ0v) is 15.4. The van der Waals surface area contributed by atoms with Crippen LogP contribution >= 0.6 is 0 Å². The molecule has 8 nitrogen and oxygen atoms in total. The van der Waals surface area contributed by atoms with Crippen LogP contribution in [0.25, 0.3) is 17.1 Å². The van der Waals surface area contributed by atoms with E-state index in [2.05, 4.69) is 20.2 Å². The number of benzene rings is 1. The van der Waals surface area contributed by atoms with Crippen LogP contribution in [0.5, 0.6) is 0 Å². The first kappa shape index (κ1) is 17.6. The van der Waals surface area contributed by atoms with Gasteiger partial charge in [-0.3, -0.25) is 4.98 Å². The molecule has 28 heavy (non-hydrogen) atoms. The molecule has 3 heterocycles. The second-order valence-electron chi connectivity index (χ2n) is 6.12. The number of para-hydroxylation sites is 1. The summed E-state index contributed by atoms with van der Waals surface area (Å²) in [5.41, 5.74) is 3.32. The summed E-state index contributed by atoms with van der Waals surface area (Å²) in [6, 6.07) is 13.2. The number of ether oxygens (including phenoxy) is 1. The van der Waals surface area contributed by atoms with E-state index in [1.807, 2.05) is 43.3 Å². The lowest BCUT2D eigenvalue weighted by Gasteiger charge is -2.05. The van der Waals surface area contributed by atoms with Crippen molar-refractivity contribution in [2.75, 3.05) is 0 Å². The Kier molecular flexibility index (Phi) is 4.67. The van der Waals surface area contributed by atoms with Crippen molar-refractivity contribution in [3.8, 4) is 17.1 Å². The fraction of sp³-hybridized carbons (Fsp3) is 0.150. The third kappa shape index (κ3) is 3.39. The number of hydrogen-bond acceptors (Lipinski definition) is 7. The van der Waals surface area contributed by atoms with E-state index in [9.17, 15) is 4.79 Å². The maximum absolute atomic E-state index is 12.6. The van der Waals surface area contributed by atoms with Crippen LogP contribution in [0.2, 0.25) is 0 Å². The van der Waals surface area contributed by atoms with Crippen molar-refractivity contribution in [3.63, 3.8) is 0 Å². The van der Waals surface area contributed by atoms with Crippen LogP contribution in [0.3, 0.4) is 0 Å². The summed E-state index contributed by atoms with van der Waals surface area (Å²) < 4.78 is 12.2. The average Bonchev–Trinajstić information content (AvgIpc) is 3.32. The van der Waals surface area contributed by atoms with E-state index < -0.39 is 5.97 Å². The molecule has 1 aromatic carbocycles. The summed E-state index contributed by atoms with van der Waals surface area (Å²) >= 11 is 0. The third-order valence-corrected chi connectivity index (χ3v) is 4.21. The lowest BCUT2D eigenvalue weighted by molar-refractivity contribution is 0.0428. The Hall–Kier alpha value is -3.81. The minimum Gasteiger partial charge on any atom is -0.452 e. The second-order valence-corrected chi connectivity index (χ2v) is 6.12. The Bertz CT molecular complexity index is 1100. The Morgan fingerprint density at radius 3 is 2.71 bits per heavy atom. The maximum atomic E-state index is 12.6. The van der Waals surface area contributed by atoms with Gasteiger partial charge in [-0.1, -0.05) is 23.4 Å². The van der Waals surface area contributed by atoms with Crippen LogP contribution in [0.15, 0.2) is 59.4 Å². The first-order chi connectivity index (χ1) is 13.6. The van der Waals surface area contributed by atoms with Crippen LogP contribution in [0.4, 0.5) is 0 Å². The summed E-state index contributed by atoms with van der Waals surface area (Å²) in [7, 11) is 0. The van der Waals surface area contributed by atoms with Gasteiger partial charge < -0.3 is 9.26 Å². The molecule has 0 radical (unpaired) electrons. The SMILES string of the molecule is Cc1nn(-c2ccccc2)c(C)c1C(=O)OCc1nc(-c2cccnc2)no1. The van der Waals surface area contributed by atoms with Gasteiger partial charge in [0.2, 0.25) is 5.82 Å². The van der Waals surface area contributed by atoms with Crippen molar-refractivity contribution >= 4 is 5.97 Å². The summed E-state index contributed by atoms with van der Waals surface area (Å²) in [5.74, 6) is 0.111. The van der Waals surface area contributed by atoms with E-state index in [0.717, 1.165) is 11.3 Å². The van der Waals surface area contributed by atoms with Gasteiger partial charge in [0.05, 0.1) is 17.1 Å². The van der Waals surface area contributed by atoms with E-state index in [4.69, 9.17) is 9.26 Å². The number of aryl methyl sites for hydroxylation is 1. The van der Waals surface area contributed by atoms with Gasteiger partial charge in [0.25, 0.3) is 5.89 Å². The molecule has 0 unspecified atom stereocenters. The minimum atomic E-state index is -0.488. The number of carbonyl (C=O) groups is 1. The summed E-state index contributed by atoms with van der Waals surface area (Å²) in [5, 5.41) is 8.34. The van der Waals surface area contributed by atoms with Gasteiger partial charge in [-0.25, -0.2) is 9.48 Å². The van der Waals surface area contributed by atoms with Crippen molar-refractivity contribution in [3.05, 3.63) is 77.7 Å². The molecular formula is C20H17N5O3. The van der Waals surface area contributed by atoms with E-state index in [1.54, 1.807) is 30.1 Å². The number of esters is 1. The Labute approximate surface area is 160 Å². The van der Waals surface area contributed by atoms with Gasteiger partial charge in [-0.15, -0.1) is 0 Å². The van der Waals surface area contributed by atoms with Gasteiger partial charge in [0.1, 0.15) is 5.56 Å². The summed E-state index contributed by atoms with van der Waals surface area (Å²) in [6.45, 7) is 3.48. The van der Waals surface area contributed by atoms with E-state index in [1.165, 1.54) is 0 Å². The molecule has 0 N–H and O–H groups in total. The molecule has 8 heteroatoms. The quantitative estimate of drug-likeness (QED) is 0.494. The molecule has 0 aliphatic carbocycles. The Morgan fingerprint density at radius 1 is 1.14 bits per heavy atom. The molecule has 140 valence electrons. The van der Waals surface area contributed by atoms with Crippen molar-refractivity contribution in [2.24, 2.45) is 0 Å². The van der Waals surface area contributed by atoms with E-state index >= 15 is 0 Å². The number of hydrogen-bond donors (Lipinski definition) is 0. The maximum Gasteiger partial charge on any atom is 0.342 e. The predicted octanol–water partition coefficient (Wildman–Crippen LogP) is 3.29. The molecule has 0 aliphatic rings. The van der Waals surface area contributed by atoms with Gasteiger partial charge in [0, 0.05) is 18.0 Å². The standard InChI is InChI=1S/C20H17N5O3/c1-13-18(14(2)25(23-13)16-8-4-3-5-9-16)20(26)27-12-17-22-19(24-28-17)15-7-6-10-21-11-15/h3-11H,12H2,1-2H3. The predicted molar refractivity (Wildman–Crippen MR) is 99.7 cm³/mol. The fourth-order valence-corrected chi connectivity index (χ4v) is 2.88. The number of rotatable bonds is 5. The molecule has 4 rings (SSSR count). The molecule has 0 atom stereocenters. The zero-order chi connectivity index (χ0) is 19.5. The van der Waals surface area contributed by atoms with Gasteiger partial charge in [-0.2, -0.15) is 10.1 Å². The first-order valence-electron chi connectivity index (χ1n) is 8.65. The molecule has 3 aromatic heterocycles. The van der Waals surface area contributed by atoms with Gasteiger partial charge in [0.15, 0.2) is 6.61 Å². The molecule has 0 aliphatic heterocycles. The van der Waals surface area contributed by atoms with Crippen LogP contribution < -0.4 is 0 Å². The summed E-state index contributed by atoms with van der Waals surface area (Å²) in [4.78, 5) is 20.8. The number of pyridine rings is 1. The highest BCUT2D eigenvalue weighted by atomic mass is 16.6. The molecule has 0 bridgehead atoms. The lowest BCUT2D eigenvalue weighted by atomic mass is 10.2. The smallest absolute Gasteiger partial charge is 0.342 e. The molecule has 0 spiro atoms. The van der Waals surface area contributed by atoms with Gasteiger partial charge in [-0.05, 0) is 38.1 Å². The van der Waals surface area contributed by atoms with E-state index in [0.29, 0.717) is 22.8 Å². The monoisotopic (exact) mass is 375 g/mol. The normalized spacial score (nSPS) is 10.8. The van der Waals surface area contributed by atoms with Crippen molar-refractivity contribution in [1.29, 1.82) is 0 Å². The molecule has 4 aromatic rings. The lowest BCUT2D eigenvalue weighted by Crippen LogP contribution is -2.08. The Balaban J connectivity index is 1.49. The highest BCUT2D eigenvalue weighted by Crippen LogP contribution is 2.20. The first-order valence-corrected chi connectivity index (χ1v) is 8.65. The van der Waals surface area contributed by atoms with E-state index in [-0.39, 0.29) is 12.5 Å². The Morgan fingerprint density at radius 2 is 1.96 bits per heavy atom. The van der Waals surface area contributed by atoms with Crippen LogP contribution in [-0.4, -0.2) is 30.9 Å². The fourth-order valence-electron chi connectivity index (χ4n) is 2.88. The molecular weight excluding hydrogens is 358 g/mol. The average molecular weight is 375 g/mol. The molecule has 0 saturated heterocycles. The van der Waals surface area contributed by atoms with Crippen molar-refractivity contribution < 1.29 is 14.1 Å². The topological polar surface area (TPSA) is 95.9 Å². The van der Waals surface area contributed by atoms with Crippen LogP contribution in [-0.2, 0) is 11.3 Å². The van der Waals surface area contributed by atoms with Gasteiger partial charge >= 0.3 is 5.97 Å². The molecule has 0 fully saturated rings. The molecule has 0 saturated carbocycles. The van der Waals surface area contributed by atoms with Crippen molar-refractivity contribution in [1.82, 2.24) is 24.9 Å². The second kappa shape index (κ2) is 7.43. The molecule has 0 amide bonds. The third-order valence-electron chi connectivity index (χ3n) is 4.21. The van der Waals surface area contributed by atoms with Crippen molar-refractivity contribution in [2.45, 2.75) is 20.5 Å². The number of carbonyl (C=O) groups excluding carboxylic acids is 1.